The Morgan fingerprint density at radius 2 is 1.61 bits per heavy atom. The Balaban J connectivity index is 1.72. The molecule has 3 aromatic rings. The largest absolute Gasteiger partial charge is 0.149 e. The topological polar surface area (TPSA) is 25.8 Å². The minimum Gasteiger partial charge on any atom is -0.149 e. The number of aryl methyl sites for hydroxylation is 3. The van der Waals surface area contributed by atoms with E-state index in [9.17, 15) is 0 Å². The second kappa shape index (κ2) is 6.97. The number of nitrogens with zero attached hydrogens (tertiary/aromatic N) is 2. The molecule has 0 fully saturated rings. The van der Waals surface area contributed by atoms with Crippen molar-refractivity contribution in [3.63, 3.8) is 0 Å². The van der Waals surface area contributed by atoms with Gasteiger partial charge in [0.25, 0.3) is 0 Å². The third kappa shape index (κ3) is 3.80. The van der Waals surface area contributed by atoms with Crippen molar-refractivity contribution in [1.29, 1.82) is 0 Å². The molecule has 23 heavy (non-hydrogen) atoms. The summed E-state index contributed by atoms with van der Waals surface area (Å²) in [5, 5.41) is 9.71. The lowest BCUT2D eigenvalue weighted by Crippen LogP contribution is -1.92. The van der Waals surface area contributed by atoms with Crippen LogP contribution in [0.1, 0.15) is 22.3 Å². The molecule has 3 heteroatoms. The van der Waals surface area contributed by atoms with Gasteiger partial charge in [0.15, 0.2) is 0 Å². The zero-order valence-corrected chi connectivity index (χ0v) is 14.5. The second-order valence-corrected chi connectivity index (χ2v) is 6.77. The molecular formula is C20H20N2S. The van der Waals surface area contributed by atoms with Crippen LogP contribution in [0.15, 0.2) is 59.6 Å². The Labute approximate surface area is 142 Å². The molecule has 3 rings (SSSR count). The van der Waals surface area contributed by atoms with Gasteiger partial charge in [0.2, 0.25) is 0 Å². The van der Waals surface area contributed by atoms with Gasteiger partial charge in [0, 0.05) is 11.3 Å². The minimum absolute atomic E-state index is 0.921. The van der Waals surface area contributed by atoms with Crippen molar-refractivity contribution in [2.75, 3.05) is 0 Å². The molecule has 0 saturated carbocycles. The Kier molecular flexibility index (Phi) is 4.77. The van der Waals surface area contributed by atoms with E-state index < -0.39 is 0 Å². The van der Waals surface area contributed by atoms with Gasteiger partial charge < -0.3 is 0 Å². The predicted octanol–water partition coefficient (Wildman–Crippen LogP) is 5.36. The first-order valence-electron chi connectivity index (χ1n) is 7.72. The van der Waals surface area contributed by atoms with E-state index in [1.165, 1.54) is 22.3 Å². The number of hydrogen-bond acceptors (Lipinski definition) is 3. The van der Waals surface area contributed by atoms with E-state index in [2.05, 4.69) is 85.6 Å². The van der Waals surface area contributed by atoms with E-state index in [-0.39, 0.29) is 0 Å². The van der Waals surface area contributed by atoms with Crippen LogP contribution in [0.25, 0.3) is 11.3 Å². The molecule has 1 heterocycles. The zero-order chi connectivity index (χ0) is 16.2. The Morgan fingerprint density at radius 3 is 2.30 bits per heavy atom. The number of aromatic nitrogens is 2. The van der Waals surface area contributed by atoms with Gasteiger partial charge in [-0.15, -0.1) is 10.2 Å². The molecule has 0 aliphatic rings. The summed E-state index contributed by atoms with van der Waals surface area (Å²) < 4.78 is 0. The van der Waals surface area contributed by atoms with Gasteiger partial charge in [0.1, 0.15) is 5.03 Å². The van der Waals surface area contributed by atoms with Crippen LogP contribution in [0.4, 0.5) is 0 Å². The van der Waals surface area contributed by atoms with Crippen LogP contribution in [0.5, 0.6) is 0 Å². The highest BCUT2D eigenvalue weighted by Gasteiger charge is 2.04. The Bertz CT molecular complexity index is 810. The molecular weight excluding hydrogens is 300 g/mol. The average Bonchev–Trinajstić information content (AvgIpc) is 2.57. The lowest BCUT2D eigenvalue weighted by molar-refractivity contribution is 0.935. The third-order valence-electron chi connectivity index (χ3n) is 4.08. The van der Waals surface area contributed by atoms with E-state index in [0.717, 1.165) is 22.0 Å². The van der Waals surface area contributed by atoms with E-state index in [4.69, 9.17) is 0 Å². The second-order valence-electron chi connectivity index (χ2n) is 5.77. The fraction of sp³-hybridized carbons (Fsp3) is 0.200. The van der Waals surface area contributed by atoms with Gasteiger partial charge in [-0.25, -0.2) is 0 Å². The summed E-state index contributed by atoms with van der Waals surface area (Å²) in [5.41, 5.74) is 7.29. The molecule has 0 unspecified atom stereocenters. The van der Waals surface area contributed by atoms with E-state index in [0.29, 0.717) is 0 Å². The summed E-state index contributed by atoms with van der Waals surface area (Å²) in [4.78, 5) is 0. The zero-order valence-electron chi connectivity index (χ0n) is 13.7. The van der Waals surface area contributed by atoms with Crippen LogP contribution in [-0.2, 0) is 5.75 Å². The Hall–Kier alpha value is -2.13. The van der Waals surface area contributed by atoms with Crippen molar-refractivity contribution >= 4 is 11.8 Å². The SMILES string of the molecule is Cc1ccc(-c2ccc(SCc3ccccc3C)nn2)cc1C. The first-order valence-corrected chi connectivity index (χ1v) is 8.71. The summed E-state index contributed by atoms with van der Waals surface area (Å²) in [6.07, 6.45) is 0. The standard InChI is InChI=1S/C20H20N2S/c1-14-8-9-17(12-16(14)3)19-10-11-20(22-21-19)23-13-18-7-5-4-6-15(18)2/h4-12H,13H2,1-3H3. The predicted molar refractivity (Wildman–Crippen MR) is 97.7 cm³/mol. The minimum atomic E-state index is 0.921. The number of hydrogen-bond donors (Lipinski definition) is 0. The van der Waals surface area contributed by atoms with E-state index in [1.807, 2.05) is 0 Å². The van der Waals surface area contributed by atoms with Crippen LogP contribution in [0, 0.1) is 20.8 Å². The molecule has 0 amide bonds. The molecule has 2 aromatic carbocycles. The van der Waals surface area contributed by atoms with Gasteiger partial charge >= 0.3 is 0 Å². The lowest BCUT2D eigenvalue weighted by atomic mass is 10.0. The monoisotopic (exact) mass is 320 g/mol. The van der Waals surface area contributed by atoms with E-state index >= 15 is 0 Å². The number of benzene rings is 2. The molecule has 0 bridgehead atoms. The first-order chi connectivity index (χ1) is 11.1. The number of thioether (sulfide) groups is 1. The average molecular weight is 320 g/mol. The smallest absolute Gasteiger partial charge is 0.119 e. The van der Waals surface area contributed by atoms with Crippen molar-refractivity contribution in [2.24, 2.45) is 0 Å². The van der Waals surface area contributed by atoms with Crippen LogP contribution < -0.4 is 0 Å². The Morgan fingerprint density at radius 1 is 0.783 bits per heavy atom. The molecule has 1 aromatic heterocycles. The third-order valence-corrected chi connectivity index (χ3v) is 5.05. The highest BCUT2D eigenvalue weighted by molar-refractivity contribution is 7.98. The van der Waals surface area contributed by atoms with Gasteiger partial charge in [-0.3, -0.25) is 0 Å². The molecule has 0 spiro atoms. The summed E-state index contributed by atoms with van der Waals surface area (Å²) in [6.45, 7) is 6.39. The summed E-state index contributed by atoms with van der Waals surface area (Å²) in [7, 11) is 0. The first kappa shape index (κ1) is 15.8. The van der Waals surface area contributed by atoms with Crippen LogP contribution >= 0.6 is 11.8 Å². The lowest BCUT2D eigenvalue weighted by Gasteiger charge is -2.06. The van der Waals surface area contributed by atoms with Crippen LogP contribution in [0.3, 0.4) is 0 Å². The van der Waals surface area contributed by atoms with Crippen molar-refractivity contribution < 1.29 is 0 Å². The summed E-state index contributed by atoms with van der Waals surface area (Å²) >= 11 is 1.72. The van der Waals surface area contributed by atoms with Gasteiger partial charge in [-0.05, 0) is 61.2 Å². The maximum atomic E-state index is 4.38. The molecule has 0 aliphatic heterocycles. The van der Waals surface area contributed by atoms with Crippen molar-refractivity contribution in [2.45, 2.75) is 31.6 Å². The molecule has 0 aliphatic carbocycles. The number of rotatable bonds is 4. The van der Waals surface area contributed by atoms with Gasteiger partial charge in [0.05, 0.1) is 5.69 Å². The quantitative estimate of drug-likeness (QED) is 0.605. The fourth-order valence-corrected chi connectivity index (χ4v) is 3.27. The maximum Gasteiger partial charge on any atom is 0.119 e. The molecule has 0 atom stereocenters. The maximum absolute atomic E-state index is 4.38. The van der Waals surface area contributed by atoms with Crippen LogP contribution in [0.2, 0.25) is 0 Å². The van der Waals surface area contributed by atoms with Gasteiger partial charge in [-0.2, -0.15) is 0 Å². The molecule has 0 radical (unpaired) electrons. The van der Waals surface area contributed by atoms with Crippen LogP contribution in [-0.4, -0.2) is 10.2 Å². The summed E-state index contributed by atoms with van der Waals surface area (Å²) in [5.74, 6) is 0.921. The molecule has 116 valence electrons. The van der Waals surface area contributed by atoms with Crippen molar-refractivity contribution in [3.8, 4) is 11.3 Å². The normalized spacial score (nSPS) is 10.7. The van der Waals surface area contributed by atoms with Crippen molar-refractivity contribution in [3.05, 3.63) is 76.9 Å². The molecule has 0 N–H and O–H groups in total. The molecule has 0 saturated heterocycles. The van der Waals surface area contributed by atoms with Crippen molar-refractivity contribution in [1.82, 2.24) is 10.2 Å². The summed E-state index contributed by atoms with van der Waals surface area (Å²) in [6, 6.07) is 19.0. The highest BCUT2D eigenvalue weighted by Crippen LogP contribution is 2.24. The van der Waals surface area contributed by atoms with Gasteiger partial charge in [-0.1, -0.05) is 48.2 Å². The molecule has 2 nitrogen and oxygen atoms in total. The highest BCUT2D eigenvalue weighted by atomic mass is 32.2. The van der Waals surface area contributed by atoms with E-state index in [1.54, 1.807) is 11.8 Å². The fourth-order valence-electron chi connectivity index (χ4n) is 2.38.